The average Bonchev–Trinajstić information content (AvgIpc) is 2.31. The fraction of sp³-hybridized carbons (Fsp3) is 0.0909. The molecule has 0 fully saturated rings. The molecule has 0 radical (unpaired) electrons. The van der Waals surface area contributed by atoms with E-state index in [4.69, 9.17) is 4.74 Å². The third kappa shape index (κ3) is 3.41. The number of methoxy groups -OCH3 is 1. The van der Waals surface area contributed by atoms with Crippen molar-refractivity contribution in [1.82, 2.24) is 9.97 Å². The lowest BCUT2D eigenvalue weighted by molar-refractivity contribution is 0.415. The lowest BCUT2D eigenvalue weighted by atomic mass is 10.3. The molecule has 0 spiro atoms. The van der Waals surface area contributed by atoms with Gasteiger partial charge < -0.3 is 10.1 Å². The molecule has 0 aliphatic rings. The van der Waals surface area contributed by atoms with E-state index in [1.807, 2.05) is 18.2 Å². The van der Waals surface area contributed by atoms with Crippen LogP contribution in [0.1, 0.15) is 0 Å². The summed E-state index contributed by atoms with van der Waals surface area (Å²) < 4.78 is 6.94. The van der Waals surface area contributed by atoms with Crippen LogP contribution in [-0.4, -0.2) is 17.1 Å². The number of anilines is 2. The number of halogens is 2. The van der Waals surface area contributed by atoms with Crippen molar-refractivity contribution in [1.29, 1.82) is 0 Å². The Kier molecular flexibility index (Phi) is 3.96. The molecule has 0 saturated carbocycles. The van der Waals surface area contributed by atoms with Crippen LogP contribution >= 0.6 is 31.9 Å². The predicted octanol–water partition coefficient (Wildman–Crippen LogP) is 3.75. The van der Waals surface area contributed by atoms with Crippen molar-refractivity contribution in [3.63, 3.8) is 0 Å². The largest absolute Gasteiger partial charge is 0.497 e. The number of hydrogen-bond acceptors (Lipinski definition) is 4. The van der Waals surface area contributed by atoms with E-state index in [1.165, 1.54) is 0 Å². The molecule has 4 nitrogen and oxygen atoms in total. The van der Waals surface area contributed by atoms with E-state index >= 15 is 0 Å². The summed E-state index contributed by atoms with van der Waals surface area (Å²) in [6, 6.07) is 5.68. The molecular formula is C11H9Br2N3O. The highest BCUT2D eigenvalue weighted by atomic mass is 79.9. The van der Waals surface area contributed by atoms with E-state index in [9.17, 15) is 0 Å². The van der Waals surface area contributed by atoms with E-state index in [1.54, 1.807) is 19.5 Å². The molecule has 0 atom stereocenters. The van der Waals surface area contributed by atoms with Gasteiger partial charge in [-0.15, -0.1) is 0 Å². The first-order valence-corrected chi connectivity index (χ1v) is 6.35. The van der Waals surface area contributed by atoms with Crippen LogP contribution < -0.4 is 10.1 Å². The average molecular weight is 359 g/mol. The van der Waals surface area contributed by atoms with Gasteiger partial charge in [0.05, 0.1) is 11.6 Å². The van der Waals surface area contributed by atoms with Crippen molar-refractivity contribution in [2.45, 2.75) is 0 Å². The highest BCUT2D eigenvalue weighted by molar-refractivity contribution is 9.10. The van der Waals surface area contributed by atoms with Gasteiger partial charge in [0.15, 0.2) is 0 Å². The topological polar surface area (TPSA) is 47.0 Å². The van der Waals surface area contributed by atoms with Crippen molar-refractivity contribution in [3.8, 4) is 5.75 Å². The molecule has 88 valence electrons. The first-order valence-electron chi connectivity index (χ1n) is 4.76. The Morgan fingerprint density at radius 3 is 2.41 bits per heavy atom. The Bertz CT molecular complexity index is 517. The SMILES string of the molecule is COc1cc(Br)cc(Nc2ncc(Br)cn2)c1. The van der Waals surface area contributed by atoms with Gasteiger partial charge in [-0.05, 0) is 28.1 Å². The first kappa shape index (κ1) is 12.3. The molecule has 1 heterocycles. The number of rotatable bonds is 3. The minimum absolute atomic E-state index is 0.536. The van der Waals surface area contributed by atoms with Crippen LogP contribution in [0.3, 0.4) is 0 Å². The summed E-state index contributed by atoms with van der Waals surface area (Å²) >= 11 is 6.70. The van der Waals surface area contributed by atoms with Crippen LogP contribution in [0.15, 0.2) is 39.5 Å². The Hall–Kier alpha value is -1.14. The van der Waals surface area contributed by atoms with Gasteiger partial charge in [-0.3, -0.25) is 0 Å². The van der Waals surface area contributed by atoms with Gasteiger partial charge in [0.2, 0.25) is 5.95 Å². The molecular weight excluding hydrogens is 350 g/mol. The molecule has 0 amide bonds. The van der Waals surface area contributed by atoms with Crippen LogP contribution in [0.25, 0.3) is 0 Å². The van der Waals surface area contributed by atoms with E-state index in [2.05, 4.69) is 47.1 Å². The summed E-state index contributed by atoms with van der Waals surface area (Å²) in [7, 11) is 1.63. The Labute approximate surface area is 116 Å². The van der Waals surface area contributed by atoms with Crippen molar-refractivity contribution in [2.24, 2.45) is 0 Å². The van der Waals surface area contributed by atoms with Gasteiger partial charge in [0.25, 0.3) is 0 Å². The van der Waals surface area contributed by atoms with Crippen LogP contribution in [0, 0.1) is 0 Å². The quantitative estimate of drug-likeness (QED) is 0.907. The van der Waals surface area contributed by atoms with Crippen LogP contribution in [-0.2, 0) is 0 Å². The summed E-state index contributed by atoms with van der Waals surface area (Å²) in [4.78, 5) is 8.27. The zero-order valence-electron chi connectivity index (χ0n) is 8.95. The van der Waals surface area contributed by atoms with Gasteiger partial charge in [0.1, 0.15) is 5.75 Å². The molecule has 1 aromatic heterocycles. The number of nitrogens with one attached hydrogen (secondary N) is 1. The fourth-order valence-corrected chi connectivity index (χ4v) is 1.94. The zero-order valence-corrected chi connectivity index (χ0v) is 12.1. The molecule has 0 saturated heterocycles. The monoisotopic (exact) mass is 357 g/mol. The molecule has 2 aromatic rings. The van der Waals surface area contributed by atoms with Crippen LogP contribution in [0.2, 0.25) is 0 Å². The molecule has 1 N–H and O–H groups in total. The number of aromatic nitrogens is 2. The third-order valence-corrected chi connectivity index (χ3v) is 2.85. The van der Waals surface area contributed by atoms with Crippen molar-refractivity contribution >= 4 is 43.5 Å². The van der Waals surface area contributed by atoms with E-state index in [0.29, 0.717) is 5.95 Å². The maximum Gasteiger partial charge on any atom is 0.227 e. The van der Waals surface area contributed by atoms with E-state index in [-0.39, 0.29) is 0 Å². The van der Waals surface area contributed by atoms with Gasteiger partial charge in [0, 0.05) is 28.6 Å². The summed E-state index contributed by atoms with van der Waals surface area (Å²) in [6.07, 6.45) is 3.37. The smallest absolute Gasteiger partial charge is 0.227 e. The predicted molar refractivity (Wildman–Crippen MR) is 73.7 cm³/mol. The van der Waals surface area contributed by atoms with E-state index < -0.39 is 0 Å². The van der Waals surface area contributed by atoms with E-state index in [0.717, 1.165) is 20.4 Å². The second-order valence-electron chi connectivity index (χ2n) is 3.23. The number of nitrogens with zero attached hydrogens (tertiary/aromatic N) is 2. The standard InChI is InChI=1S/C11H9Br2N3O/c1-17-10-3-7(12)2-9(4-10)16-11-14-5-8(13)6-15-11/h2-6H,1H3,(H,14,15,16). The molecule has 6 heteroatoms. The maximum atomic E-state index is 5.17. The van der Waals surface area contributed by atoms with Gasteiger partial charge in [-0.2, -0.15) is 0 Å². The highest BCUT2D eigenvalue weighted by Gasteiger charge is 2.01. The molecule has 0 aliphatic carbocycles. The summed E-state index contributed by atoms with van der Waals surface area (Å²) in [5.74, 6) is 1.30. The summed E-state index contributed by atoms with van der Waals surface area (Å²) in [6.45, 7) is 0. The lowest BCUT2D eigenvalue weighted by Gasteiger charge is -2.07. The number of hydrogen-bond donors (Lipinski definition) is 1. The van der Waals surface area contributed by atoms with Crippen LogP contribution in [0.4, 0.5) is 11.6 Å². The molecule has 17 heavy (non-hydrogen) atoms. The lowest BCUT2D eigenvalue weighted by Crippen LogP contribution is -1.96. The zero-order chi connectivity index (χ0) is 12.3. The number of ether oxygens (including phenoxy) is 1. The highest BCUT2D eigenvalue weighted by Crippen LogP contribution is 2.25. The molecule has 0 bridgehead atoms. The second kappa shape index (κ2) is 5.46. The molecule has 1 aromatic carbocycles. The van der Waals surface area contributed by atoms with Crippen molar-refractivity contribution < 1.29 is 4.74 Å². The van der Waals surface area contributed by atoms with Gasteiger partial charge in [-0.25, -0.2) is 9.97 Å². The second-order valence-corrected chi connectivity index (χ2v) is 5.06. The third-order valence-electron chi connectivity index (χ3n) is 1.98. The molecule has 0 aliphatic heterocycles. The van der Waals surface area contributed by atoms with Crippen LogP contribution in [0.5, 0.6) is 5.75 Å². The Balaban J connectivity index is 2.23. The fourth-order valence-electron chi connectivity index (χ4n) is 1.26. The Morgan fingerprint density at radius 1 is 1.06 bits per heavy atom. The Morgan fingerprint density at radius 2 is 1.76 bits per heavy atom. The van der Waals surface area contributed by atoms with Gasteiger partial charge >= 0.3 is 0 Å². The summed E-state index contributed by atoms with van der Waals surface area (Å²) in [5, 5.41) is 3.09. The maximum absolute atomic E-state index is 5.17. The molecule has 2 rings (SSSR count). The normalized spacial score (nSPS) is 10.1. The minimum atomic E-state index is 0.536. The number of benzene rings is 1. The van der Waals surface area contributed by atoms with Crippen molar-refractivity contribution in [2.75, 3.05) is 12.4 Å². The van der Waals surface area contributed by atoms with Crippen molar-refractivity contribution in [3.05, 3.63) is 39.5 Å². The first-order chi connectivity index (χ1) is 8.17. The minimum Gasteiger partial charge on any atom is -0.497 e. The van der Waals surface area contributed by atoms with Gasteiger partial charge in [-0.1, -0.05) is 15.9 Å². The summed E-state index contributed by atoms with van der Waals surface area (Å²) in [5.41, 5.74) is 0.860. The molecule has 0 unspecified atom stereocenters.